The molecule has 1 aliphatic rings. The molecule has 3 nitrogen and oxygen atoms in total. The summed E-state index contributed by atoms with van der Waals surface area (Å²) < 4.78 is 5.44. The van der Waals surface area contributed by atoms with E-state index < -0.39 is 0 Å². The number of hydrogen-bond donors (Lipinski definition) is 2. The number of furan rings is 1. The molecule has 0 amide bonds. The van der Waals surface area contributed by atoms with Crippen molar-refractivity contribution >= 4 is 0 Å². The summed E-state index contributed by atoms with van der Waals surface area (Å²) in [6.07, 6.45) is 4.46. The van der Waals surface area contributed by atoms with Crippen LogP contribution < -0.4 is 10.6 Å². The fourth-order valence-electron chi connectivity index (χ4n) is 2.21. The van der Waals surface area contributed by atoms with Crippen LogP contribution in [0.5, 0.6) is 0 Å². The number of quaternary nitrogens is 2. The van der Waals surface area contributed by atoms with Crippen LogP contribution in [0, 0.1) is 0 Å². The standard InChI is InChI=1S/C10H16N2O/c11-8-9(10-4-3-7-13-10)12-5-1-2-6-12/h3-4,7,9H,1-2,5-6,8,11H2/p+2/t9-/m0/s1. The summed E-state index contributed by atoms with van der Waals surface area (Å²) in [5.74, 6) is 1.10. The molecule has 1 aliphatic heterocycles. The van der Waals surface area contributed by atoms with Crippen LogP contribution in [-0.2, 0) is 0 Å². The molecule has 1 aromatic rings. The van der Waals surface area contributed by atoms with E-state index in [0.717, 1.165) is 12.3 Å². The SMILES string of the molecule is [NH3+]C[C@@H](c1ccco1)[NH+]1CCCC1. The highest BCUT2D eigenvalue weighted by Crippen LogP contribution is 2.09. The van der Waals surface area contributed by atoms with Gasteiger partial charge in [-0.1, -0.05) is 0 Å². The van der Waals surface area contributed by atoms with Gasteiger partial charge in [0.15, 0.2) is 11.8 Å². The Morgan fingerprint density at radius 1 is 1.46 bits per heavy atom. The molecule has 4 N–H and O–H groups in total. The fourth-order valence-corrected chi connectivity index (χ4v) is 2.21. The van der Waals surface area contributed by atoms with E-state index in [1.54, 1.807) is 11.2 Å². The molecule has 0 aliphatic carbocycles. The fraction of sp³-hybridized carbons (Fsp3) is 0.600. The number of hydrogen-bond acceptors (Lipinski definition) is 1. The Morgan fingerprint density at radius 3 is 2.77 bits per heavy atom. The van der Waals surface area contributed by atoms with Crippen LogP contribution in [0.25, 0.3) is 0 Å². The molecule has 72 valence electrons. The van der Waals surface area contributed by atoms with Gasteiger partial charge in [-0.25, -0.2) is 0 Å². The molecule has 2 rings (SSSR count). The van der Waals surface area contributed by atoms with Crippen molar-refractivity contribution in [2.75, 3.05) is 19.6 Å². The first-order valence-corrected chi connectivity index (χ1v) is 5.09. The van der Waals surface area contributed by atoms with Crippen molar-refractivity contribution in [1.82, 2.24) is 0 Å². The van der Waals surface area contributed by atoms with Crippen LogP contribution in [0.15, 0.2) is 22.8 Å². The Balaban J connectivity index is 2.08. The maximum absolute atomic E-state index is 5.44. The topological polar surface area (TPSA) is 45.2 Å². The molecule has 1 aromatic heterocycles. The van der Waals surface area contributed by atoms with E-state index in [1.807, 2.05) is 6.07 Å². The smallest absolute Gasteiger partial charge is 0.195 e. The van der Waals surface area contributed by atoms with Crippen LogP contribution in [0.1, 0.15) is 24.6 Å². The molecule has 0 aromatic carbocycles. The average molecular weight is 182 g/mol. The van der Waals surface area contributed by atoms with Gasteiger partial charge in [-0.15, -0.1) is 0 Å². The molecule has 0 radical (unpaired) electrons. The molecule has 0 unspecified atom stereocenters. The van der Waals surface area contributed by atoms with Gasteiger partial charge in [-0.3, -0.25) is 0 Å². The maximum atomic E-state index is 5.44. The van der Waals surface area contributed by atoms with Crippen LogP contribution in [0.3, 0.4) is 0 Å². The molecule has 0 saturated carbocycles. The van der Waals surface area contributed by atoms with Crippen LogP contribution in [0.2, 0.25) is 0 Å². The molecular formula is C10H18N2O+2. The summed E-state index contributed by atoms with van der Waals surface area (Å²) in [7, 11) is 0. The van der Waals surface area contributed by atoms with E-state index >= 15 is 0 Å². The Hall–Kier alpha value is -0.800. The normalized spacial score (nSPS) is 20.7. The summed E-state index contributed by atoms with van der Waals surface area (Å²) >= 11 is 0. The van der Waals surface area contributed by atoms with Gasteiger partial charge < -0.3 is 15.1 Å². The third-order valence-electron chi connectivity index (χ3n) is 2.91. The second-order valence-corrected chi connectivity index (χ2v) is 3.72. The van der Waals surface area contributed by atoms with Crippen molar-refractivity contribution in [3.05, 3.63) is 24.2 Å². The van der Waals surface area contributed by atoms with E-state index in [4.69, 9.17) is 4.42 Å². The first-order valence-electron chi connectivity index (χ1n) is 5.09. The minimum atomic E-state index is 0.484. The number of rotatable bonds is 3. The van der Waals surface area contributed by atoms with Crippen LogP contribution in [0.4, 0.5) is 0 Å². The van der Waals surface area contributed by atoms with Gasteiger partial charge in [0.2, 0.25) is 0 Å². The third kappa shape index (κ3) is 1.76. The number of nitrogens with one attached hydrogen (secondary N) is 1. The quantitative estimate of drug-likeness (QED) is 0.634. The van der Waals surface area contributed by atoms with Crippen molar-refractivity contribution in [1.29, 1.82) is 0 Å². The van der Waals surface area contributed by atoms with E-state index in [0.29, 0.717) is 6.04 Å². The summed E-state index contributed by atoms with van der Waals surface area (Å²) in [6, 6.07) is 4.52. The minimum absolute atomic E-state index is 0.484. The van der Waals surface area contributed by atoms with Crippen molar-refractivity contribution in [2.24, 2.45) is 0 Å². The maximum Gasteiger partial charge on any atom is 0.195 e. The van der Waals surface area contributed by atoms with Crippen molar-refractivity contribution in [3.63, 3.8) is 0 Å². The lowest BCUT2D eigenvalue weighted by Gasteiger charge is -2.19. The lowest BCUT2D eigenvalue weighted by molar-refractivity contribution is -0.927. The van der Waals surface area contributed by atoms with Gasteiger partial charge >= 0.3 is 0 Å². The molecule has 2 heterocycles. The first kappa shape index (κ1) is 8.78. The molecule has 1 atom stereocenters. The lowest BCUT2D eigenvalue weighted by atomic mass is 10.2. The zero-order chi connectivity index (χ0) is 9.10. The third-order valence-corrected chi connectivity index (χ3v) is 2.91. The number of likely N-dealkylation sites (tertiary alicyclic amines) is 1. The van der Waals surface area contributed by atoms with Gasteiger partial charge in [-0.2, -0.15) is 0 Å². The first-order chi connectivity index (χ1) is 6.42. The van der Waals surface area contributed by atoms with Crippen molar-refractivity contribution in [3.8, 4) is 0 Å². The highest BCUT2D eigenvalue weighted by atomic mass is 16.3. The van der Waals surface area contributed by atoms with Gasteiger partial charge in [0.05, 0.1) is 19.4 Å². The zero-order valence-electron chi connectivity index (χ0n) is 7.96. The molecule has 0 bridgehead atoms. The molecule has 13 heavy (non-hydrogen) atoms. The van der Waals surface area contributed by atoms with Gasteiger partial charge in [-0.05, 0) is 12.1 Å². The molecule has 3 heteroatoms. The second kappa shape index (κ2) is 3.94. The minimum Gasteiger partial charge on any atom is -0.463 e. The van der Waals surface area contributed by atoms with Crippen molar-refractivity contribution in [2.45, 2.75) is 18.9 Å². The van der Waals surface area contributed by atoms with E-state index in [1.165, 1.54) is 25.9 Å². The van der Waals surface area contributed by atoms with Gasteiger partial charge in [0, 0.05) is 12.8 Å². The van der Waals surface area contributed by atoms with E-state index in [-0.39, 0.29) is 0 Å². The Labute approximate surface area is 78.5 Å². The Bertz CT molecular complexity index is 239. The van der Waals surface area contributed by atoms with Crippen molar-refractivity contribution < 1.29 is 15.1 Å². The Morgan fingerprint density at radius 2 is 2.23 bits per heavy atom. The molecule has 1 fully saturated rings. The highest BCUT2D eigenvalue weighted by Gasteiger charge is 2.29. The van der Waals surface area contributed by atoms with Gasteiger partial charge in [0.1, 0.15) is 6.54 Å². The lowest BCUT2D eigenvalue weighted by Crippen LogP contribution is -3.11. The predicted molar refractivity (Wildman–Crippen MR) is 49.1 cm³/mol. The summed E-state index contributed by atoms with van der Waals surface area (Å²) in [6.45, 7) is 3.49. The van der Waals surface area contributed by atoms with Crippen LogP contribution in [-0.4, -0.2) is 19.6 Å². The monoisotopic (exact) mass is 182 g/mol. The summed E-state index contributed by atoms with van der Waals surface area (Å²) in [4.78, 5) is 1.64. The molecular weight excluding hydrogens is 164 g/mol. The Kier molecular flexibility index (Phi) is 2.66. The zero-order valence-corrected chi connectivity index (χ0v) is 7.96. The molecule has 1 saturated heterocycles. The largest absolute Gasteiger partial charge is 0.463 e. The average Bonchev–Trinajstić information content (AvgIpc) is 2.76. The highest BCUT2D eigenvalue weighted by molar-refractivity contribution is 5.01. The van der Waals surface area contributed by atoms with Crippen LogP contribution >= 0.6 is 0 Å². The van der Waals surface area contributed by atoms with E-state index in [9.17, 15) is 0 Å². The van der Waals surface area contributed by atoms with E-state index in [2.05, 4.69) is 11.8 Å². The molecule has 0 spiro atoms. The second-order valence-electron chi connectivity index (χ2n) is 3.72. The predicted octanol–water partition coefficient (Wildman–Crippen LogP) is -0.759. The summed E-state index contributed by atoms with van der Waals surface area (Å²) in [5, 5.41) is 0. The summed E-state index contributed by atoms with van der Waals surface area (Å²) in [5.41, 5.74) is 4.01. The van der Waals surface area contributed by atoms with Gasteiger partial charge in [0.25, 0.3) is 0 Å².